The molecule has 0 aromatic heterocycles. The second-order valence-electron chi connectivity index (χ2n) is 5.60. The molecule has 1 aliphatic rings. The van der Waals surface area contributed by atoms with E-state index in [1.54, 1.807) is 12.1 Å². The lowest BCUT2D eigenvalue weighted by atomic mass is 10.0. The number of benzene rings is 2. The third-order valence-electron chi connectivity index (χ3n) is 3.98. The third-order valence-corrected chi connectivity index (χ3v) is 8.60. The molecule has 0 unspecified atom stereocenters. The number of rotatable bonds is 0. The molecule has 0 saturated carbocycles. The van der Waals surface area contributed by atoms with Crippen LogP contribution in [0, 0.1) is 0 Å². The minimum atomic E-state index is -2.43. The Bertz CT molecular complexity index is 736. The summed E-state index contributed by atoms with van der Waals surface area (Å²) in [5.41, 5.74) is 1.01. The maximum absolute atomic E-state index is 12.7. The van der Waals surface area contributed by atoms with Crippen molar-refractivity contribution in [1.82, 2.24) is 0 Å². The van der Waals surface area contributed by atoms with Gasteiger partial charge in [0, 0.05) is 11.1 Å². The second kappa shape index (κ2) is 4.50. The smallest absolute Gasteiger partial charge is 0.192 e. The molecule has 6 heteroatoms. The molecular weight excluding hydrogens is 327 g/mol. The Kier molecular flexibility index (Phi) is 3.09. The van der Waals surface area contributed by atoms with Gasteiger partial charge < -0.3 is 10.2 Å². The first kappa shape index (κ1) is 14.4. The minimum absolute atomic E-state index is 0.0523. The molecular formula is C15H12Cl2O3Si. The molecule has 1 aliphatic heterocycles. The van der Waals surface area contributed by atoms with Gasteiger partial charge in [-0.2, -0.15) is 0 Å². The number of fused-ring (bicyclic) bond motifs is 2. The van der Waals surface area contributed by atoms with Crippen LogP contribution in [0.5, 0.6) is 11.5 Å². The maximum Gasteiger partial charge on any atom is 0.192 e. The summed E-state index contributed by atoms with van der Waals surface area (Å²) in [4.78, 5) is 12.7. The average molecular weight is 339 g/mol. The van der Waals surface area contributed by atoms with Crippen LogP contribution in [0.3, 0.4) is 0 Å². The molecule has 108 valence electrons. The average Bonchev–Trinajstić information content (AvgIpc) is 2.42. The number of ketones is 1. The molecule has 0 bridgehead atoms. The minimum Gasteiger partial charge on any atom is -0.506 e. The van der Waals surface area contributed by atoms with Gasteiger partial charge in [0.25, 0.3) is 0 Å². The van der Waals surface area contributed by atoms with Crippen molar-refractivity contribution < 1.29 is 15.0 Å². The number of hydrogen-bond acceptors (Lipinski definition) is 3. The van der Waals surface area contributed by atoms with E-state index in [0.29, 0.717) is 21.5 Å². The van der Waals surface area contributed by atoms with Gasteiger partial charge in [0.05, 0.1) is 10.0 Å². The normalized spacial score (nSPS) is 15.5. The summed E-state index contributed by atoms with van der Waals surface area (Å²) in [6.45, 7) is 3.99. The summed E-state index contributed by atoms with van der Waals surface area (Å²) >= 11 is 12.5. The first-order chi connectivity index (χ1) is 9.76. The molecule has 3 rings (SSSR count). The monoisotopic (exact) mass is 338 g/mol. The largest absolute Gasteiger partial charge is 0.506 e. The highest BCUT2D eigenvalue weighted by atomic mass is 35.5. The van der Waals surface area contributed by atoms with Crippen LogP contribution in [0.25, 0.3) is 0 Å². The van der Waals surface area contributed by atoms with E-state index in [4.69, 9.17) is 23.2 Å². The van der Waals surface area contributed by atoms with Gasteiger partial charge in [-0.25, -0.2) is 0 Å². The highest BCUT2D eigenvalue weighted by Gasteiger charge is 2.42. The summed E-state index contributed by atoms with van der Waals surface area (Å²) in [6.07, 6.45) is 0. The molecule has 2 N–H and O–H groups in total. The van der Waals surface area contributed by atoms with Gasteiger partial charge in [-0.05, 0) is 34.6 Å². The molecule has 0 saturated heterocycles. The van der Waals surface area contributed by atoms with Crippen LogP contribution in [0.15, 0.2) is 24.3 Å². The van der Waals surface area contributed by atoms with Crippen LogP contribution >= 0.6 is 23.2 Å². The zero-order chi connectivity index (χ0) is 15.5. The topological polar surface area (TPSA) is 57.5 Å². The van der Waals surface area contributed by atoms with Gasteiger partial charge >= 0.3 is 0 Å². The predicted octanol–water partition coefficient (Wildman–Crippen LogP) is 2.77. The van der Waals surface area contributed by atoms with Gasteiger partial charge in [0.1, 0.15) is 19.6 Å². The van der Waals surface area contributed by atoms with Gasteiger partial charge in [0.15, 0.2) is 5.78 Å². The van der Waals surface area contributed by atoms with Crippen molar-refractivity contribution >= 4 is 47.4 Å². The Balaban J connectivity index is 2.46. The van der Waals surface area contributed by atoms with E-state index in [0.717, 1.165) is 0 Å². The first-order valence-electron chi connectivity index (χ1n) is 6.35. The maximum atomic E-state index is 12.7. The Labute approximate surface area is 132 Å². The number of hydrogen-bond donors (Lipinski definition) is 2. The van der Waals surface area contributed by atoms with Crippen molar-refractivity contribution in [3.8, 4) is 11.5 Å². The summed E-state index contributed by atoms with van der Waals surface area (Å²) in [5.74, 6) is -0.289. The lowest BCUT2D eigenvalue weighted by Crippen LogP contribution is -2.60. The Hall–Kier alpha value is -1.49. The molecule has 2 aromatic carbocycles. The van der Waals surface area contributed by atoms with Gasteiger partial charge in [0.2, 0.25) is 0 Å². The summed E-state index contributed by atoms with van der Waals surface area (Å²) in [7, 11) is -2.43. The molecule has 2 aromatic rings. The van der Waals surface area contributed by atoms with Crippen molar-refractivity contribution in [3.63, 3.8) is 0 Å². The lowest BCUT2D eigenvalue weighted by Gasteiger charge is -2.34. The summed E-state index contributed by atoms with van der Waals surface area (Å²) in [5, 5.41) is 21.4. The molecule has 0 aliphatic carbocycles. The fraction of sp³-hybridized carbons (Fsp3) is 0.133. The van der Waals surface area contributed by atoms with Gasteiger partial charge in [-0.15, -0.1) is 0 Å². The fourth-order valence-corrected chi connectivity index (χ4v) is 8.09. The standard InChI is InChI=1S/C15H12Cl2O3Si/c1-21(2)14-7(3-5-9(18)11(14)16)13(20)8-4-6-10(19)12(17)15(8)21/h3-6,18-19H,1-2H3. The second-order valence-corrected chi connectivity index (χ2v) is 10.6. The van der Waals surface area contributed by atoms with Crippen LogP contribution in [-0.4, -0.2) is 24.1 Å². The lowest BCUT2D eigenvalue weighted by molar-refractivity contribution is 0.104. The van der Waals surface area contributed by atoms with E-state index in [1.807, 2.05) is 13.1 Å². The number of carbonyl (C=O) groups is 1. The van der Waals surface area contributed by atoms with Crippen LogP contribution < -0.4 is 10.4 Å². The quantitative estimate of drug-likeness (QED) is 0.726. The van der Waals surface area contributed by atoms with Crippen molar-refractivity contribution in [2.75, 3.05) is 0 Å². The Morgan fingerprint density at radius 2 is 1.24 bits per heavy atom. The van der Waals surface area contributed by atoms with E-state index in [2.05, 4.69) is 0 Å². The van der Waals surface area contributed by atoms with Crippen LogP contribution in [-0.2, 0) is 0 Å². The zero-order valence-electron chi connectivity index (χ0n) is 11.4. The number of halogens is 2. The molecule has 0 radical (unpaired) electrons. The first-order valence-corrected chi connectivity index (χ1v) is 10.1. The van der Waals surface area contributed by atoms with Crippen LogP contribution in [0.2, 0.25) is 23.1 Å². The van der Waals surface area contributed by atoms with Crippen LogP contribution in [0.4, 0.5) is 0 Å². The highest BCUT2D eigenvalue weighted by Crippen LogP contribution is 2.33. The third kappa shape index (κ3) is 1.83. The molecule has 0 amide bonds. The Morgan fingerprint density at radius 1 is 0.857 bits per heavy atom. The number of carbonyl (C=O) groups excluding carboxylic acids is 1. The molecule has 21 heavy (non-hydrogen) atoms. The van der Waals surface area contributed by atoms with E-state index < -0.39 is 8.07 Å². The number of phenols is 2. The molecule has 3 nitrogen and oxygen atoms in total. The molecule has 0 fully saturated rings. The zero-order valence-corrected chi connectivity index (χ0v) is 13.9. The SMILES string of the molecule is C[Si]1(C)c2c(ccc(O)c2Cl)C(=O)c2ccc(O)c(Cl)c21. The number of aromatic hydroxyl groups is 2. The van der Waals surface area contributed by atoms with Gasteiger partial charge in [-0.1, -0.05) is 36.3 Å². The summed E-state index contributed by atoms with van der Waals surface area (Å²) in [6, 6.07) is 6.04. The van der Waals surface area contributed by atoms with Crippen molar-refractivity contribution in [1.29, 1.82) is 0 Å². The van der Waals surface area contributed by atoms with Gasteiger partial charge in [-0.3, -0.25) is 4.79 Å². The fourth-order valence-electron chi connectivity index (χ4n) is 3.00. The van der Waals surface area contributed by atoms with E-state index in [-0.39, 0.29) is 27.3 Å². The van der Waals surface area contributed by atoms with Crippen molar-refractivity contribution in [2.24, 2.45) is 0 Å². The molecule has 0 atom stereocenters. The van der Waals surface area contributed by atoms with Crippen LogP contribution in [0.1, 0.15) is 15.9 Å². The highest BCUT2D eigenvalue weighted by molar-refractivity contribution is 7.04. The van der Waals surface area contributed by atoms with E-state index in [1.165, 1.54) is 12.1 Å². The van der Waals surface area contributed by atoms with Crippen molar-refractivity contribution in [3.05, 3.63) is 45.4 Å². The van der Waals surface area contributed by atoms with E-state index >= 15 is 0 Å². The molecule has 1 heterocycles. The van der Waals surface area contributed by atoms with Crippen molar-refractivity contribution in [2.45, 2.75) is 13.1 Å². The predicted molar refractivity (Wildman–Crippen MR) is 86.4 cm³/mol. The summed E-state index contributed by atoms with van der Waals surface area (Å²) < 4.78 is 0. The number of phenolic OH excluding ortho intramolecular Hbond substituents is 2. The van der Waals surface area contributed by atoms with E-state index in [9.17, 15) is 15.0 Å². The Morgan fingerprint density at radius 3 is 1.62 bits per heavy atom. The molecule has 0 spiro atoms.